The number of aldehydes is 1. The van der Waals surface area contributed by atoms with Crippen molar-refractivity contribution >= 4 is 30.7 Å². The van der Waals surface area contributed by atoms with E-state index in [9.17, 15) is 19.5 Å². The fraction of sp³-hybridized carbons (Fsp3) is 0.348. The third-order valence-electron chi connectivity index (χ3n) is 5.05. The van der Waals surface area contributed by atoms with Crippen molar-refractivity contribution in [3.05, 3.63) is 64.7 Å². The van der Waals surface area contributed by atoms with Crippen molar-refractivity contribution in [1.82, 2.24) is 10.6 Å². The number of thiol groups is 1. The lowest BCUT2D eigenvalue weighted by Crippen LogP contribution is -2.55. The summed E-state index contributed by atoms with van der Waals surface area (Å²) >= 11 is 4.16. The zero-order valence-electron chi connectivity index (χ0n) is 17.7. The van der Waals surface area contributed by atoms with Gasteiger partial charge in [-0.3, -0.25) is 9.59 Å². The lowest BCUT2D eigenvalue weighted by atomic mass is 9.96. The molecule has 0 radical (unpaired) electrons. The van der Waals surface area contributed by atoms with Gasteiger partial charge in [-0.05, 0) is 61.1 Å². The Hall–Kier alpha value is -2.84. The van der Waals surface area contributed by atoms with Gasteiger partial charge in [0.05, 0.1) is 12.1 Å². The van der Waals surface area contributed by atoms with Crippen LogP contribution in [0, 0.1) is 13.8 Å². The molecule has 31 heavy (non-hydrogen) atoms. The topological polar surface area (TPSA) is 122 Å². The fourth-order valence-corrected chi connectivity index (χ4v) is 3.62. The van der Waals surface area contributed by atoms with Crippen LogP contribution in [0.25, 0.3) is 0 Å². The van der Waals surface area contributed by atoms with Gasteiger partial charge in [-0.1, -0.05) is 30.3 Å². The summed E-state index contributed by atoms with van der Waals surface area (Å²) in [4.78, 5) is 36.6. The van der Waals surface area contributed by atoms with Crippen LogP contribution >= 0.6 is 12.6 Å². The van der Waals surface area contributed by atoms with Crippen molar-refractivity contribution in [1.29, 1.82) is 0 Å². The molecule has 5 N–H and O–H groups in total. The molecule has 2 amide bonds. The van der Waals surface area contributed by atoms with E-state index in [-0.39, 0.29) is 17.9 Å². The summed E-state index contributed by atoms with van der Waals surface area (Å²) in [6, 6.07) is 10.0. The zero-order chi connectivity index (χ0) is 23.0. The molecule has 0 unspecified atom stereocenters. The van der Waals surface area contributed by atoms with Gasteiger partial charge in [0.2, 0.25) is 11.8 Å². The zero-order valence-corrected chi connectivity index (χ0v) is 18.6. The Balaban J connectivity index is 1.98. The van der Waals surface area contributed by atoms with E-state index in [0.29, 0.717) is 12.7 Å². The SMILES string of the molecule is Cc1cc(O)cc(C)c1C[C@H](N)C(=O)N[C@H](CS)C(=O)N[C@H](C=O)Cc1ccccc1. The lowest BCUT2D eigenvalue weighted by molar-refractivity contribution is -0.130. The number of nitrogens with two attached hydrogens (primary N) is 1. The van der Waals surface area contributed by atoms with Gasteiger partial charge in [-0.25, -0.2) is 0 Å². The van der Waals surface area contributed by atoms with Crippen molar-refractivity contribution in [2.75, 3.05) is 5.75 Å². The number of phenols is 1. The number of nitrogens with one attached hydrogen (secondary N) is 2. The molecule has 0 fully saturated rings. The highest BCUT2D eigenvalue weighted by atomic mass is 32.1. The van der Waals surface area contributed by atoms with E-state index in [1.165, 1.54) is 0 Å². The van der Waals surface area contributed by atoms with E-state index in [4.69, 9.17) is 5.73 Å². The monoisotopic (exact) mass is 443 g/mol. The summed E-state index contributed by atoms with van der Waals surface area (Å²) < 4.78 is 0. The van der Waals surface area contributed by atoms with Crippen LogP contribution in [0.1, 0.15) is 22.3 Å². The number of aromatic hydroxyl groups is 1. The molecule has 2 rings (SSSR count). The van der Waals surface area contributed by atoms with Crippen molar-refractivity contribution in [2.45, 2.75) is 44.8 Å². The minimum absolute atomic E-state index is 0.0540. The molecule has 0 aliphatic heterocycles. The summed E-state index contributed by atoms with van der Waals surface area (Å²) in [5, 5.41) is 14.9. The second-order valence-corrected chi connectivity index (χ2v) is 7.92. The second kappa shape index (κ2) is 11.5. The molecule has 2 aromatic carbocycles. The molecule has 166 valence electrons. The molecule has 8 heteroatoms. The molecule has 0 heterocycles. The molecule has 2 aromatic rings. The van der Waals surface area contributed by atoms with Crippen LogP contribution in [0.4, 0.5) is 0 Å². The van der Waals surface area contributed by atoms with Crippen LogP contribution in [0.15, 0.2) is 42.5 Å². The fourth-order valence-electron chi connectivity index (χ4n) is 3.36. The summed E-state index contributed by atoms with van der Waals surface area (Å²) in [6.45, 7) is 3.67. The highest BCUT2D eigenvalue weighted by Crippen LogP contribution is 2.21. The average molecular weight is 444 g/mol. The van der Waals surface area contributed by atoms with Gasteiger partial charge < -0.3 is 26.3 Å². The largest absolute Gasteiger partial charge is 0.508 e. The standard InChI is InChI=1S/C23H29N3O4S/c1-14-8-18(28)9-15(2)19(14)11-20(24)22(29)26-21(13-31)23(30)25-17(12-27)10-16-6-4-3-5-7-16/h3-9,12,17,20-21,28,31H,10-11,13,24H2,1-2H3,(H,25,30)(H,26,29)/t17-,20-,21+/m0/s1. The van der Waals surface area contributed by atoms with Crippen molar-refractivity contribution in [3.63, 3.8) is 0 Å². The predicted molar refractivity (Wildman–Crippen MR) is 123 cm³/mol. The normalized spacial score (nSPS) is 13.7. The maximum Gasteiger partial charge on any atom is 0.244 e. The van der Waals surface area contributed by atoms with E-state index < -0.39 is 29.9 Å². The van der Waals surface area contributed by atoms with Crippen molar-refractivity contribution in [2.24, 2.45) is 5.73 Å². The van der Waals surface area contributed by atoms with Gasteiger partial charge in [0.1, 0.15) is 18.1 Å². The van der Waals surface area contributed by atoms with Gasteiger partial charge in [0.15, 0.2) is 0 Å². The first kappa shape index (κ1) is 24.4. The number of benzene rings is 2. The first-order valence-corrected chi connectivity index (χ1v) is 10.6. The lowest BCUT2D eigenvalue weighted by Gasteiger charge is -2.22. The minimum Gasteiger partial charge on any atom is -0.508 e. The molecule has 0 aliphatic carbocycles. The number of hydrogen-bond acceptors (Lipinski definition) is 6. The second-order valence-electron chi connectivity index (χ2n) is 7.55. The number of carbonyl (C=O) groups excluding carboxylic acids is 3. The summed E-state index contributed by atoms with van der Waals surface area (Å²) in [5.41, 5.74) is 9.52. The van der Waals surface area contributed by atoms with Crippen LogP contribution in [0.2, 0.25) is 0 Å². The Morgan fingerprint density at radius 3 is 2.23 bits per heavy atom. The first-order valence-electron chi connectivity index (χ1n) is 10.0. The van der Waals surface area contributed by atoms with Crippen LogP contribution in [0.3, 0.4) is 0 Å². The van der Waals surface area contributed by atoms with Gasteiger partial charge in [0.25, 0.3) is 0 Å². The maximum atomic E-state index is 12.6. The van der Waals surface area contributed by atoms with E-state index in [1.54, 1.807) is 12.1 Å². The Bertz CT molecular complexity index is 897. The van der Waals surface area contributed by atoms with E-state index in [2.05, 4.69) is 23.3 Å². The predicted octanol–water partition coefficient (Wildman–Crippen LogP) is 1.22. The molecule has 0 aliphatic rings. The number of aryl methyl sites for hydroxylation is 2. The quantitative estimate of drug-likeness (QED) is 0.279. The summed E-state index contributed by atoms with van der Waals surface area (Å²) in [5.74, 6) is -0.783. The number of carbonyl (C=O) groups is 3. The first-order chi connectivity index (χ1) is 14.7. The number of phenolic OH excluding ortho intramolecular Hbond substituents is 1. The molecule has 7 nitrogen and oxygen atoms in total. The van der Waals surface area contributed by atoms with Crippen molar-refractivity contribution < 1.29 is 19.5 Å². The third kappa shape index (κ3) is 7.11. The smallest absolute Gasteiger partial charge is 0.244 e. The Labute approximate surface area is 187 Å². The number of rotatable bonds is 10. The molecule has 3 atom stereocenters. The molecule has 0 saturated heterocycles. The van der Waals surface area contributed by atoms with E-state index >= 15 is 0 Å². The molecular formula is C23H29N3O4S. The Morgan fingerprint density at radius 2 is 1.68 bits per heavy atom. The highest BCUT2D eigenvalue weighted by molar-refractivity contribution is 7.80. The third-order valence-corrected chi connectivity index (χ3v) is 5.41. The Morgan fingerprint density at radius 1 is 1.06 bits per heavy atom. The van der Waals surface area contributed by atoms with Gasteiger partial charge in [-0.15, -0.1) is 0 Å². The minimum atomic E-state index is -0.929. The molecule has 0 spiro atoms. The van der Waals surface area contributed by atoms with Crippen LogP contribution < -0.4 is 16.4 Å². The highest BCUT2D eigenvalue weighted by Gasteiger charge is 2.25. The molecule has 0 saturated carbocycles. The Kier molecular flexibility index (Phi) is 9.08. The summed E-state index contributed by atoms with van der Waals surface area (Å²) in [6.07, 6.45) is 1.28. The van der Waals surface area contributed by atoms with Gasteiger partial charge in [-0.2, -0.15) is 12.6 Å². The van der Waals surface area contributed by atoms with E-state index in [1.807, 2.05) is 44.2 Å². The maximum absolute atomic E-state index is 12.6. The number of hydrogen-bond donors (Lipinski definition) is 5. The average Bonchev–Trinajstić information content (AvgIpc) is 2.74. The van der Waals surface area contributed by atoms with Crippen LogP contribution in [-0.2, 0) is 27.2 Å². The van der Waals surface area contributed by atoms with Crippen molar-refractivity contribution in [3.8, 4) is 5.75 Å². The molecule has 0 bridgehead atoms. The van der Waals surface area contributed by atoms with Crippen LogP contribution in [-0.4, -0.2) is 47.1 Å². The number of amides is 2. The van der Waals surface area contributed by atoms with Crippen LogP contribution in [0.5, 0.6) is 5.75 Å². The van der Waals surface area contributed by atoms with Gasteiger partial charge >= 0.3 is 0 Å². The molecular weight excluding hydrogens is 414 g/mol. The van der Waals surface area contributed by atoms with E-state index in [0.717, 1.165) is 22.3 Å². The van der Waals surface area contributed by atoms with Gasteiger partial charge in [0, 0.05) is 5.75 Å². The molecule has 0 aromatic heterocycles. The summed E-state index contributed by atoms with van der Waals surface area (Å²) in [7, 11) is 0.